The third-order valence-electron chi connectivity index (χ3n) is 15.1. The maximum Gasteiger partial charge on any atom is 0.306 e. The number of ether oxygens (including phenoxy) is 4. The standard InChI is InChI=1S/C74H131NO8/c1-6-8-10-12-14-16-18-20-22-24-25-26-27-28-29-30-31-32-33-34-35-36-37-38-39-40-41-42-43-44-45-46-47-49-51-53-55-57-59-61-63-65-72(77)83-70(69-82-74(73(78)79)80-67-66-75(3,4)5)68-81-71(76)64-62-60-58-56-54-52-50-48-23-21-19-17-15-13-11-9-7-2/h8-11,14-17,20-23,25-26,70,74H,6-7,12-13,18-19,24,27-69H2,1-5H3/b10-8-,11-9-,16-14-,17-15-,22-20-,23-21-,26-25-. The molecule has 0 amide bonds. The number of esters is 2. The Morgan fingerprint density at radius 3 is 0.964 bits per heavy atom. The van der Waals surface area contributed by atoms with Gasteiger partial charge in [0.15, 0.2) is 12.4 Å². The number of allylic oxidation sites excluding steroid dienone is 14. The van der Waals surface area contributed by atoms with E-state index in [2.05, 4.69) is 98.9 Å². The van der Waals surface area contributed by atoms with Crippen LogP contribution in [-0.2, 0) is 33.3 Å². The van der Waals surface area contributed by atoms with Gasteiger partial charge in [-0.05, 0) is 83.5 Å². The molecule has 0 radical (unpaired) electrons. The number of carbonyl (C=O) groups is 3. The molecular weight excluding hydrogens is 1030 g/mol. The molecule has 9 heteroatoms. The molecule has 9 nitrogen and oxygen atoms in total. The third kappa shape index (κ3) is 65.9. The summed E-state index contributed by atoms with van der Waals surface area (Å²) in [7, 11) is 5.93. The summed E-state index contributed by atoms with van der Waals surface area (Å²) in [5.74, 6) is -2.28. The quantitative estimate of drug-likeness (QED) is 0.0195. The summed E-state index contributed by atoms with van der Waals surface area (Å²) in [6.45, 7) is 4.54. The molecule has 0 heterocycles. The minimum atomic E-state index is -1.62. The Hall–Kier alpha value is -3.53. The smallest absolute Gasteiger partial charge is 0.306 e. The van der Waals surface area contributed by atoms with Gasteiger partial charge in [0.25, 0.3) is 0 Å². The van der Waals surface area contributed by atoms with Crippen LogP contribution in [0.5, 0.6) is 0 Å². The molecule has 0 aliphatic carbocycles. The normalized spacial score (nSPS) is 13.2. The molecule has 2 atom stereocenters. The fourth-order valence-electron chi connectivity index (χ4n) is 9.90. The molecule has 0 saturated carbocycles. The first-order valence-corrected chi connectivity index (χ1v) is 34.7. The average molecular weight is 1160 g/mol. The van der Waals surface area contributed by atoms with Gasteiger partial charge in [-0.25, -0.2) is 0 Å². The maximum absolute atomic E-state index is 12.9. The van der Waals surface area contributed by atoms with E-state index in [4.69, 9.17) is 18.9 Å². The summed E-state index contributed by atoms with van der Waals surface area (Å²) in [6, 6.07) is 0. The zero-order valence-corrected chi connectivity index (χ0v) is 54.8. The molecule has 0 saturated heterocycles. The van der Waals surface area contributed by atoms with Gasteiger partial charge in [-0.15, -0.1) is 0 Å². The molecule has 0 aliphatic heterocycles. The second-order valence-corrected chi connectivity index (χ2v) is 24.4. The maximum atomic E-state index is 12.9. The first-order valence-electron chi connectivity index (χ1n) is 34.7. The lowest BCUT2D eigenvalue weighted by Crippen LogP contribution is -2.44. The fraction of sp³-hybridized carbons (Fsp3) is 0.770. The van der Waals surface area contributed by atoms with Crippen molar-refractivity contribution in [3.63, 3.8) is 0 Å². The number of rotatable bonds is 64. The molecular formula is C74H131NO8. The Labute approximate surface area is 512 Å². The van der Waals surface area contributed by atoms with Crippen molar-refractivity contribution in [2.24, 2.45) is 0 Å². The first kappa shape index (κ1) is 79.5. The Balaban J connectivity index is 3.94. The second-order valence-electron chi connectivity index (χ2n) is 24.4. The summed E-state index contributed by atoms with van der Waals surface area (Å²) < 4.78 is 22.8. The van der Waals surface area contributed by atoms with E-state index in [1.807, 2.05) is 21.1 Å². The highest BCUT2D eigenvalue weighted by Crippen LogP contribution is 2.18. The van der Waals surface area contributed by atoms with Crippen molar-refractivity contribution in [2.75, 3.05) is 47.5 Å². The van der Waals surface area contributed by atoms with Gasteiger partial charge in [0.2, 0.25) is 0 Å². The van der Waals surface area contributed by atoms with Crippen molar-refractivity contribution in [1.82, 2.24) is 0 Å². The molecule has 0 aliphatic rings. The lowest BCUT2D eigenvalue weighted by Gasteiger charge is -2.26. The molecule has 0 spiro atoms. The summed E-state index contributed by atoms with van der Waals surface area (Å²) in [4.78, 5) is 37.4. The van der Waals surface area contributed by atoms with Crippen LogP contribution in [0.4, 0.5) is 0 Å². The van der Waals surface area contributed by atoms with Crippen molar-refractivity contribution < 1.29 is 42.9 Å². The molecule has 0 bridgehead atoms. The van der Waals surface area contributed by atoms with Crippen LogP contribution in [0.2, 0.25) is 0 Å². The molecule has 0 fully saturated rings. The van der Waals surface area contributed by atoms with Crippen LogP contribution in [0.1, 0.15) is 309 Å². The second kappa shape index (κ2) is 64.5. The summed E-state index contributed by atoms with van der Waals surface area (Å²) in [6.07, 6.45) is 84.0. The number of likely N-dealkylation sites (N-methyl/N-ethyl adjacent to an activating group) is 1. The van der Waals surface area contributed by atoms with E-state index in [-0.39, 0.29) is 38.6 Å². The molecule has 0 rings (SSSR count). The molecule has 0 aromatic rings. The van der Waals surface area contributed by atoms with Crippen LogP contribution in [0.25, 0.3) is 0 Å². The number of carbonyl (C=O) groups excluding carboxylic acids is 3. The number of carboxylic acids is 1. The molecule has 0 N–H and O–H groups in total. The van der Waals surface area contributed by atoms with E-state index in [1.54, 1.807) is 0 Å². The van der Waals surface area contributed by atoms with Crippen molar-refractivity contribution in [2.45, 2.75) is 322 Å². The highest BCUT2D eigenvalue weighted by atomic mass is 16.7. The number of hydrogen-bond donors (Lipinski definition) is 0. The molecule has 2 unspecified atom stereocenters. The van der Waals surface area contributed by atoms with E-state index < -0.39 is 24.3 Å². The number of unbranched alkanes of at least 4 members (excludes halogenated alkanes) is 35. The molecule has 480 valence electrons. The van der Waals surface area contributed by atoms with Crippen molar-refractivity contribution in [3.8, 4) is 0 Å². The van der Waals surface area contributed by atoms with E-state index in [0.29, 0.717) is 17.4 Å². The first-order chi connectivity index (χ1) is 40.6. The summed E-state index contributed by atoms with van der Waals surface area (Å²) in [5, 5.41) is 11.8. The Morgan fingerprint density at radius 2 is 0.651 bits per heavy atom. The monoisotopic (exact) mass is 1160 g/mol. The molecule has 0 aromatic carbocycles. The van der Waals surface area contributed by atoms with Crippen molar-refractivity contribution >= 4 is 17.9 Å². The van der Waals surface area contributed by atoms with Crippen molar-refractivity contribution in [3.05, 3.63) is 85.1 Å². The van der Waals surface area contributed by atoms with Crippen LogP contribution in [0.3, 0.4) is 0 Å². The fourth-order valence-corrected chi connectivity index (χ4v) is 9.90. The minimum Gasteiger partial charge on any atom is -0.545 e. The zero-order chi connectivity index (χ0) is 60.5. The van der Waals surface area contributed by atoms with Crippen molar-refractivity contribution in [1.29, 1.82) is 0 Å². The third-order valence-corrected chi connectivity index (χ3v) is 15.1. The lowest BCUT2D eigenvalue weighted by atomic mass is 10.0. The van der Waals surface area contributed by atoms with Gasteiger partial charge >= 0.3 is 11.9 Å². The van der Waals surface area contributed by atoms with Gasteiger partial charge in [0.1, 0.15) is 13.2 Å². The minimum absolute atomic E-state index is 0.145. The van der Waals surface area contributed by atoms with Gasteiger partial charge in [-0.2, -0.15) is 0 Å². The van der Waals surface area contributed by atoms with E-state index in [0.717, 1.165) is 89.9 Å². The van der Waals surface area contributed by atoms with E-state index >= 15 is 0 Å². The summed E-state index contributed by atoms with van der Waals surface area (Å²) >= 11 is 0. The van der Waals surface area contributed by atoms with Gasteiger partial charge in [0, 0.05) is 12.8 Å². The van der Waals surface area contributed by atoms with Gasteiger partial charge in [0.05, 0.1) is 40.3 Å². The predicted molar refractivity (Wildman–Crippen MR) is 352 cm³/mol. The highest BCUT2D eigenvalue weighted by Gasteiger charge is 2.22. The Morgan fingerprint density at radius 1 is 0.361 bits per heavy atom. The zero-order valence-electron chi connectivity index (χ0n) is 54.8. The van der Waals surface area contributed by atoms with Crippen LogP contribution in [0.15, 0.2) is 85.1 Å². The Bertz CT molecular complexity index is 1640. The van der Waals surface area contributed by atoms with Gasteiger partial charge in [-0.1, -0.05) is 298 Å². The SMILES string of the molecule is CC/C=C\C/C=C\C/C=C\C/C=C\CCCCCCCCCCCCCCCCCCCCCCCCCCCCCCC(=O)OC(COC(=O)CCCCCCCCC/C=C\C/C=C\C/C=C\CC)COC(OCC[N+](C)(C)C)C(=O)[O-]. The Kier molecular flexibility index (Phi) is 61.7. The predicted octanol–water partition coefficient (Wildman–Crippen LogP) is 20.1. The lowest BCUT2D eigenvalue weighted by molar-refractivity contribution is -0.870. The van der Waals surface area contributed by atoms with Gasteiger partial charge < -0.3 is 33.3 Å². The number of nitrogens with zero attached hydrogens (tertiary/aromatic N) is 1. The number of aliphatic carboxylic acids is 1. The van der Waals surface area contributed by atoms with Crippen LogP contribution in [-0.4, -0.2) is 82.3 Å². The van der Waals surface area contributed by atoms with Crippen LogP contribution < -0.4 is 5.11 Å². The van der Waals surface area contributed by atoms with Gasteiger partial charge in [-0.3, -0.25) is 9.59 Å². The summed E-state index contributed by atoms with van der Waals surface area (Å²) in [5.41, 5.74) is 0. The topological polar surface area (TPSA) is 111 Å². The largest absolute Gasteiger partial charge is 0.545 e. The number of hydrogen-bond acceptors (Lipinski definition) is 8. The highest BCUT2D eigenvalue weighted by molar-refractivity contribution is 5.70. The van der Waals surface area contributed by atoms with Crippen LogP contribution in [0, 0.1) is 0 Å². The number of quaternary nitrogens is 1. The van der Waals surface area contributed by atoms with E-state index in [1.165, 1.54) is 186 Å². The van der Waals surface area contributed by atoms with Crippen LogP contribution >= 0.6 is 0 Å². The number of carboxylic acid groups (broad SMARTS) is 1. The molecule has 83 heavy (non-hydrogen) atoms. The van der Waals surface area contributed by atoms with E-state index in [9.17, 15) is 19.5 Å². The average Bonchev–Trinajstić information content (AvgIpc) is 3.46. The molecule has 0 aromatic heterocycles.